The van der Waals surface area contributed by atoms with Crippen LogP contribution in [0.5, 0.6) is 0 Å². The third kappa shape index (κ3) is 66.6. The second-order valence-electron chi connectivity index (χ2n) is 22.7. The van der Waals surface area contributed by atoms with Crippen LogP contribution in [0.2, 0.25) is 0 Å². The van der Waals surface area contributed by atoms with E-state index in [-0.39, 0.29) is 37.5 Å². The van der Waals surface area contributed by atoms with Gasteiger partial charge in [0, 0.05) is 19.3 Å². The van der Waals surface area contributed by atoms with Gasteiger partial charge in [-0.3, -0.25) is 14.4 Å². The molecule has 1 unspecified atom stereocenters. The van der Waals surface area contributed by atoms with Crippen LogP contribution in [0.25, 0.3) is 0 Å². The van der Waals surface area contributed by atoms with Crippen molar-refractivity contribution in [1.29, 1.82) is 0 Å². The SMILES string of the molecule is CC/C=C\C/C=C\C/C=C\C/C=C\C/C=C\C/C=C\CCCCC(=O)OC(COC(=O)CCCCCCCCCCCCCCCC)COC(=O)CCCCCCCCCCCCCCCCCC/C=C\C/C=C\C/C=C\C/C=C\CC. The highest BCUT2D eigenvalue weighted by Crippen LogP contribution is 2.17. The molecule has 0 bridgehead atoms. The summed E-state index contributed by atoms with van der Waals surface area (Å²) in [6.07, 6.45) is 96.5. The Morgan fingerprint density at radius 2 is 0.476 bits per heavy atom. The number of esters is 3. The van der Waals surface area contributed by atoms with Gasteiger partial charge in [0.1, 0.15) is 13.2 Å². The lowest BCUT2D eigenvalue weighted by atomic mass is 10.0. The fourth-order valence-electron chi connectivity index (χ4n) is 9.62. The molecule has 6 heteroatoms. The molecule has 0 aromatic rings. The van der Waals surface area contributed by atoms with Crippen molar-refractivity contribution in [3.05, 3.63) is 122 Å². The van der Waals surface area contributed by atoms with Crippen molar-refractivity contribution < 1.29 is 28.6 Å². The first kappa shape index (κ1) is 77.8. The molecule has 0 aliphatic rings. The second kappa shape index (κ2) is 69.3. The van der Waals surface area contributed by atoms with Crippen LogP contribution in [0.4, 0.5) is 0 Å². The molecule has 0 radical (unpaired) electrons. The minimum absolute atomic E-state index is 0.0936. The Labute approximate surface area is 507 Å². The summed E-state index contributed by atoms with van der Waals surface area (Å²) in [7, 11) is 0. The largest absolute Gasteiger partial charge is 0.462 e. The molecule has 0 heterocycles. The summed E-state index contributed by atoms with van der Waals surface area (Å²) in [5.74, 6) is -0.925. The third-order valence-corrected chi connectivity index (χ3v) is 14.7. The van der Waals surface area contributed by atoms with Crippen LogP contribution >= 0.6 is 0 Å². The van der Waals surface area contributed by atoms with Crippen molar-refractivity contribution in [2.45, 2.75) is 329 Å². The van der Waals surface area contributed by atoms with Crippen LogP contribution in [-0.4, -0.2) is 37.2 Å². The van der Waals surface area contributed by atoms with Gasteiger partial charge < -0.3 is 14.2 Å². The number of ether oxygens (including phenoxy) is 3. The lowest BCUT2D eigenvalue weighted by molar-refractivity contribution is -0.167. The van der Waals surface area contributed by atoms with Crippen molar-refractivity contribution in [2.24, 2.45) is 0 Å². The van der Waals surface area contributed by atoms with Gasteiger partial charge in [0.15, 0.2) is 6.10 Å². The average Bonchev–Trinajstić information content (AvgIpc) is 3.47. The number of carbonyl (C=O) groups is 3. The standard InChI is InChI=1S/C76H128O6/c1-4-7-10-13-16-19-22-25-28-30-32-34-35-36-37-38-39-40-41-43-44-46-48-51-54-57-60-63-66-69-75(78)81-72-73(71-80-74(77)68-65-62-59-56-53-50-27-24-21-18-15-12-9-6-3)82-76(79)70-67-64-61-58-55-52-49-47-45-42-33-31-29-26-23-20-17-14-11-8-5-2/h7-8,10-11,16-17,19-20,25-26,28-29,32-34,42,47,49,55,58,73H,4-6,9,12-15,18,21-24,27,30-31,35-41,43-46,48,50-54,56-57,59-72H2,1-3H3/b10-7-,11-8-,19-16-,20-17-,28-25-,29-26-,34-32-,42-33-,49-47-,58-55-. The molecular weight excluding hydrogens is 1010 g/mol. The highest BCUT2D eigenvalue weighted by atomic mass is 16.6. The molecule has 0 saturated heterocycles. The molecule has 0 aromatic carbocycles. The maximum atomic E-state index is 12.9. The Kier molecular flexibility index (Phi) is 65.8. The van der Waals surface area contributed by atoms with Crippen molar-refractivity contribution in [2.75, 3.05) is 13.2 Å². The Balaban J connectivity index is 4.33. The van der Waals surface area contributed by atoms with E-state index in [4.69, 9.17) is 14.2 Å². The maximum Gasteiger partial charge on any atom is 0.306 e. The van der Waals surface area contributed by atoms with E-state index in [9.17, 15) is 14.4 Å². The molecule has 82 heavy (non-hydrogen) atoms. The van der Waals surface area contributed by atoms with Crippen LogP contribution < -0.4 is 0 Å². The fourth-order valence-corrected chi connectivity index (χ4v) is 9.62. The maximum absolute atomic E-state index is 12.9. The quantitative estimate of drug-likeness (QED) is 0.0261. The van der Waals surface area contributed by atoms with Crippen LogP contribution in [0.1, 0.15) is 323 Å². The van der Waals surface area contributed by atoms with Gasteiger partial charge in [0.2, 0.25) is 0 Å². The lowest BCUT2D eigenvalue weighted by Gasteiger charge is -2.18. The minimum Gasteiger partial charge on any atom is -0.462 e. The van der Waals surface area contributed by atoms with E-state index in [1.54, 1.807) is 0 Å². The highest BCUT2D eigenvalue weighted by molar-refractivity contribution is 5.71. The van der Waals surface area contributed by atoms with E-state index >= 15 is 0 Å². The monoisotopic (exact) mass is 1140 g/mol. The molecule has 468 valence electrons. The summed E-state index contributed by atoms with van der Waals surface area (Å²) < 4.78 is 16.9. The van der Waals surface area contributed by atoms with Gasteiger partial charge in [-0.25, -0.2) is 0 Å². The molecule has 1 atom stereocenters. The van der Waals surface area contributed by atoms with E-state index in [2.05, 4.69) is 142 Å². The molecule has 0 saturated carbocycles. The Morgan fingerprint density at radius 3 is 0.768 bits per heavy atom. The molecule has 0 amide bonds. The van der Waals surface area contributed by atoms with Crippen LogP contribution in [0.15, 0.2) is 122 Å². The molecular formula is C76H128O6. The number of hydrogen-bond donors (Lipinski definition) is 0. The zero-order valence-electron chi connectivity index (χ0n) is 53.7. The fraction of sp³-hybridized carbons (Fsp3) is 0.697. The number of carbonyl (C=O) groups excluding carboxylic acids is 3. The molecule has 6 nitrogen and oxygen atoms in total. The Bertz CT molecular complexity index is 1690. The zero-order valence-corrected chi connectivity index (χ0v) is 53.7. The molecule has 0 N–H and O–H groups in total. The van der Waals surface area contributed by atoms with Gasteiger partial charge in [-0.05, 0) is 109 Å². The van der Waals surface area contributed by atoms with Crippen molar-refractivity contribution >= 4 is 17.9 Å². The molecule has 0 fully saturated rings. The van der Waals surface area contributed by atoms with Crippen LogP contribution in [0.3, 0.4) is 0 Å². The molecule has 0 spiro atoms. The molecule has 0 rings (SSSR count). The number of allylic oxidation sites excluding steroid dienone is 20. The van der Waals surface area contributed by atoms with Crippen LogP contribution in [-0.2, 0) is 28.6 Å². The summed E-state index contributed by atoms with van der Waals surface area (Å²) in [4.78, 5) is 38.4. The first-order valence-electron chi connectivity index (χ1n) is 34.5. The number of hydrogen-bond acceptors (Lipinski definition) is 6. The van der Waals surface area contributed by atoms with Gasteiger partial charge in [0.25, 0.3) is 0 Å². The van der Waals surface area contributed by atoms with E-state index in [0.717, 1.165) is 116 Å². The summed E-state index contributed by atoms with van der Waals surface area (Å²) in [6.45, 7) is 6.41. The topological polar surface area (TPSA) is 78.9 Å². The van der Waals surface area contributed by atoms with Gasteiger partial charge >= 0.3 is 17.9 Å². The first-order valence-corrected chi connectivity index (χ1v) is 34.5. The van der Waals surface area contributed by atoms with Crippen molar-refractivity contribution in [1.82, 2.24) is 0 Å². The summed E-state index contributed by atoms with van der Waals surface area (Å²) in [5, 5.41) is 0. The summed E-state index contributed by atoms with van der Waals surface area (Å²) in [5.41, 5.74) is 0. The second-order valence-corrected chi connectivity index (χ2v) is 22.7. The Morgan fingerprint density at radius 1 is 0.256 bits per heavy atom. The zero-order chi connectivity index (χ0) is 59.2. The number of unbranched alkanes of at least 4 members (excludes halogenated alkanes) is 31. The van der Waals surface area contributed by atoms with Gasteiger partial charge in [-0.1, -0.05) is 316 Å². The predicted octanol–water partition coefficient (Wildman–Crippen LogP) is 23.9. The van der Waals surface area contributed by atoms with E-state index in [1.807, 2.05) is 0 Å². The van der Waals surface area contributed by atoms with Crippen LogP contribution in [0, 0.1) is 0 Å². The minimum atomic E-state index is -0.803. The Hall–Kier alpha value is -4.19. The van der Waals surface area contributed by atoms with Crippen molar-refractivity contribution in [3.8, 4) is 0 Å². The summed E-state index contributed by atoms with van der Waals surface area (Å²) >= 11 is 0. The highest BCUT2D eigenvalue weighted by Gasteiger charge is 2.19. The predicted molar refractivity (Wildman–Crippen MR) is 357 cm³/mol. The normalized spacial score (nSPS) is 12.9. The molecule has 0 aliphatic heterocycles. The van der Waals surface area contributed by atoms with Gasteiger partial charge in [-0.15, -0.1) is 0 Å². The first-order chi connectivity index (χ1) is 40.5. The van der Waals surface area contributed by atoms with Crippen molar-refractivity contribution in [3.63, 3.8) is 0 Å². The molecule has 0 aliphatic carbocycles. The van der Waals surface area contributed by atoms with Gasteiger partial charge in [-0.2, -0.15) is 0 Å². The smallest absolute Gasteiger partial charge is 0.306 e. The average molecular weight is 1140 g/mol. The lowest BCUT2D eigenvalue weighted by Crippen LogP contribution is -2.30. The van der Waals surface area contributed by atoms with E-state index in [0.29, 0.717) is 19.3 Å². The van der Waals surface area contributed by atoms with Gasteiger partial charge in [0.05, 0.1) is 0 Å². The van der Waals surface area contributed by atoms with E-state index in [1.165, 1.54) is 161 Å². The number of rotatable bonds is 62. The summed E-state index contributed by atoms with van der Waals surface area (Å²) in [6, 6.07) is 0. The third-order valence-electron chi connectivity index (χ3n) is 14.7. The van der Waals surface area contributed by atoms with E-state index < -0.39 is 6.10 Å². The molecule has 0 aromatic heterocycles.